The molecule has 0 aliphatic carbocycles. The number of halogens is 1. The smallest absolute Gasteiger partial charge is 0.309 e. The van der Waals surface area contributed by atoms with Gasteiger partial charge in [0.15, 0.2) is 11.6 Å². The third-order valence-corrected chi connectivity index (χ3v) is 15.9. The van der Waals surface area contributed by atoms with Gasteiger partial charge in [0.1, 0.15) is 11.8 Å². The summed E-state index contributed by atoms with van der Waals surface area (Å²) in [6.45, 7) is 19.7. The largest absolute Gasteiger partial charge is 0.481 e. The van der Waals surface area contributed by atoms with Crippen LogP contribution in [0, 0.1) is 41.4 Å². The van der Waals surface area contributed by atoms with Crippen LogP contribution in [0.5, 0.6) is 0 Å². The summed E-state index contributed by atoms with van der Waals surface area (Å²) < 4.78 is 34.5. The monoisotopic (exact) mass is 868 g/mol. The summed E-state index contributed by atoms with van der Waals surface area (Å²) in [5, 5.41) is 36.1. The van der Waals surface area contributed by atoms with E-state index in [1.807, 2.05) is 53.7 Å². The Morgan fingerprint density at radius 1 is 0.900 bits per heavy atom. The van der Waals surface area contributed by atoms with Crippen molar-refractivity contribution in [3.05, 3.63) is 12.2 Å². The zero-order chi connectivity index (χ0) is 44.4. The van der Waals surface area contributed by atoms with Crippen LogP contribution >= 0.6 is 11.6 Å². The first-order chi connectivity index (χ1) is 28.2. The summed E-state index contributed by atoms with van der Waals surface area (Å²) in [6, 6.07) is -0.622. The number of aliphatic hydroxyl groups is 2. The molecular formula is C47H78ClNO11. The fourth-order valence-electron chi connectivity index (χ4n) is 11.3. The number of ether oxygens (including phenoxy) is 5. The van der Waals surface area contributed by atoms with Gasteiger partial charge in [0.25, 0.3) is 0 Å². The highest BCUT2D eigenvalue weighted by Crippen LogP contribution is 2.54. The molecule has 2 spiro atoms. The van der Waals surface area contributed by atoms with Crippen LogP contribution in [0.4, 0.5) is 0 Å². The number of carbonyl (C=O) groups is 3. The van der Waals surface area contributed by atoms with Crippen LogP contribution in [0.2, 0.25) is 0 Å². The molecule has 0 radical (unpaired) electrons. The van der Waals surface area contributed by atoms with E-state index >= 15 is 0 Å². The van der Waals surface area contributed by atoms with E-state index in [0.29, 0.717) is 76.5 Å². The summed E-state index contributed by atoms with van der Waals surface area (Å²) in [5.41, 5.74) is -1.69. The number of hydrogen-bond donors (Lipinski definition) is 4. The number of aliphatic carboxylic acids is 1. The molecule has 0 unspecified atom stereocenters. The molecule has 5 heterocycles. The van der Waals surface area contributed by atoms with Crippen molar-refractivity contribution in [1.82, 2.24) is 5.32 Å². The van der Waals surface area contributed by atoms with Gasteiger partial charge in [-0.3, -0.25) is 14.4 Å². The number of nitrogens with one attached hydrogen (secondary N) is 1. The number of carbonyl (C=O) groups excluding carboxylic acids is 2. The Hall–Kier alpha value is -1.64. The molecule has 4 fully saturated rings. The van der Waals surface area contributed by atoms with E-state index in [9.17, 15) is 29.7 Å². The maximum absolute atomic E-state index is 14.6. The average Bonchev–Trinajstić information content (AvgIpc) is 3.55. The molecule has 0 aromatic rings. The quantitative estimate of drug-likeness (QED) is 0.0642. The fraction of sp³-hybridized carbons (Fsp3) is 0.894. The second-order valence-electron chi connectivity index (χ2n) is 19.7. The highest BCUT2D eigenvalue weighted by atomic mass is 35.5. The van der Waals surface area contributed by atoms with E-state index < -0.39 is 76.8 Å². The Morgan fingerprint density at radius 2 is 1.60 bits per heavy atom. The summed E-state index contributed by atoms with van der Waals surface area (Å²) in [5.74, 6) is -5.54. The number of aliphatic hydroxyl groups excluding tert-OH is 1. The predicted molar refractivity (Wildman–Crippen MR) is 229 cm³/mol. The van der Waals surface area contributed by atoms with Crippen molar-refractivity contribution in [3.63, 3.8) is 0 Å². The molecular weight excluding hydrogens is 790 g/mol. The molecule has 60 heavy (non-hydrogen) atoms. The number of hydrogen-bond acceptors (Lipinski definition) is 10. The van der Waals surface area contributed by atoms with E-state index in [1.165, 1.54) is 0 Å². The van der Waals surface area contributed by atoms with Gasteiger partial charge in [-0.1, -0.05) is 61.5 Å². The second kappa shape index (κ2) is 20.0. The molecule has 13 heteroatoms. The molecule has 1 amide bonds. The summed E-state index contributed by atoms with van der Waals surface area (Å²) in [6.07, 6.45) is 8.40. The molecule has 0 saturated carbocycles. The Labute approximate surface area is 364 Å². The van der Waals surface area contributed by atoms with Gasteiger partial charge in [-0.25, -0.2) is 0 Å². The Morgan fingerprint density at radius 3 is 2.22 bits per heavy atom. The SMILES string of the molecule is CC[C@@H](C(=O)[C@@H](C)[C@@H](O)[C@H](C)[C@@H]1O[C@@H]([C@@H](CC)C(=O)O)CC[C@@H]1C)[C@H]1O[C@]2(C=C[C@@H](NC(=O)CCCCCl)[C@]3(CC[C@@](C)([C@H]4CC[C@](O)(CC)[C@H](C)O4)O3)O2)[C@H](C)C[C@@H]1C. The van der Waals surface area contributed by atoms with Crippen LogP contribution in [-0.4, -0.2) is 104 Å². The van der Waals surface area contributed by atoms with E-state index in [2.05, 4.69) is 26.1 Å². The normalized spacial score (nSPS) is 42.0. The topological polar surface area (TPSA) is 170 Å². The lowest BCUT2D eigenvalue weighted by molar-refractivity contribution is -0.398. The van der Waals surface area contributed by atoms with Gasteiger partial charge in [0, 0.05) is 42.4 Å². The van der Waals surface area contributed by atoms with E-state index in [0.717, 1.165) is 12.8 Å². The van der Waals surface area contributed by atoms with Gasteiger partial charge >= 0.3 is 5.97 Å². The molecule has 18 atom stereocenters. The van der Waals surface area contributed by atoms with Crippen LogP contribution < -0.4 is 5.32 Å². The van der Waals surface area contributed by atoms with Crippen LogP contribution in [0.1, 0.15) is 153 Å². The minimum absolute atomic E-state index is 0.0118. The van der Waals surface area contributed by atoms with E-state index in [-0.39, 0.29) is 47.8 Å². The van der Waals surface area contributed by atoms with Gasteiger partial charge in [-0.15, -0.1) is 11.6 Å². The third-order valence-electron chi connectivity index (χ3n) is 15.6. The molecule has 5 aliphatic heterocycles. The molecule has 4 N–H and O–H groups in total. The van der Waals surface area contributed by atoms with Gasteiger partial charge in [0.05, 0.1) is 53.7 Å². The number of rotatable bonds is 17. The van der Waals surface area contributed by atoms with Crippen molar-refractivity contribution in [2.24, 2.45) is 41.4 Å². The van der Waals surface area contributed by atoms with Crippen LogP contribution in [0.3, 0.4) is 0 Å². The van der Waals surface area contributed by atoms with Gasteiger partial charge in [-0.2, -0.15) is 0 Å². The average molecular weight is 869 g/mol. The van der Waals surface area contributed by atoms with Gasteiger partial charge in [-0.05, 0) is 102 Å². The number of carboxylic acids is 1. The summed E-state index contributed by atoms with van der Waals surface area (Å²) in [4.78, 5) is 40.0. The Balaban J connectivity index is 1.38. The second-order valence-corrected chi connectivity index (χ2v) is 20.0. The molecule has 0 bridgehead atoms. The minimum atomic E-state index is -1.30. The van der Waals surface area contributed by atoms with Crippen molar-refractivity contribution in [2.75, 3.05) is 5.88 Å². The summed E-state index contributed by atoms with van der Waals surface area (Å²) >= 11 is 5.92. The lowest BCUT2D eigenvalue weighted by Crippen LogP contribution is -2.65. The molecule has 12 nitrogen and oxygen atoms in total. The van der Waals surface area contributed by atoms with Crippen LogP contribution in [0.25, 0.3) is 0 Å². The van der Waals surface area contributed by atoms with Gasteiger partial charge in [0.2, 0.25) is 5.91 Å². The zero-order valence-electron chi connectivity index (χ0n) is 38.1. The number of amides is 1. The predicted octanol–water partition coefficient (Wildman–Crippen LogP) is 7.72. The highest BCUT2D eigenvalue weighted by molar-refractivity contribution is 6.17. The number of carboxylic acid groups (broad SMARTS) is 1. The molecule has 344 valence electrons. The molecule has 5 aliphatic rings. The lowest BCUT2D eigenvalue weighted by Gasteiger charge is -2.55. The van der Waals surface area contributed by atoms with Crippen molar-refractivity contribution in [1.29, 1.82) is 0 Å². The molecule has 0 aromatic carbocycles. The zero-order valence-corrected chi connectivity index (χ0v) is 38.9. The Bertz CT molecular complexity index is 1510. The molecule has 4 saturated heterocycles. The number of Topliss-reactive ketones (excluding diaryl/α,β-unsaturated/α-hetero) is 1. The first-order valence-electron chi connectivity index (χ1n) is 23.3. The van der Waals surface area contributed by atoms with Crippen molar-refractivity contribution in [2.45, 2.75) is 218 Å². The summed E-state index contributed by atoms with van der Waals surface area (Å²) in [7, 11) is 0. The fourth-order valence-corrected chi connectivity index (χ4v) is 11.5. The first kappa shape index (κ1) is 49.4. The van der Waals surface area contributed by atoms with Crippen molar-refractivity contribution < 1.29 is 53.4 Å². The number of alkyl halides is 1. The van der Waals surface area contributed by atoms with Crippen LogP contribution in [0.15, 0.2) is 12.2 Å². The van der Waals surface area contributed by atoms with Crippen molar-refractivity contribution >= 4 is 29.3 Å². The third kappa shape index (κ3) is 10.0. The lowest BCUT2D eigenvalue weighted by atomic mass is 9.72. The molecule has 0 aromatic heterocycles. The first-order valence-corrected chi connectivity index (χ1v) is 23.9. The maximum Gasteiger partial charge on any atom is 0.309 e. The molecule has 5 rings (SSSR count). The highest BCUT2D eigenvalue weighted by Gasteiger charge is 2.63. The van der Waals surface area contributed by atoms with Crippen LogP contribution in [-0.2, 0) is 38.1 Å². The standard InChI is InChI=1S/C47H78ClNO11/c1-11-33(43(53)54)35-18-17-27(4)41(57-35)31(8)39(51)30(7)40(52)34(12-2)42-28(5)26-29(6)46(58-42)22-19-36(49-38(50)16-14-15-25-48)47(60-46)24-23-44(10,59-47)37-20-21-45(55,13-3)32(9)56-37/h19,22,27-37,39,41-42,51,55H,11-18,20-21,23-26H2,1-10H3,(H,49,50)(H,53,54)/t27-,28-,29+,30-,31-,32-,33+,34-,35+,36+,37+,39+,41+,42-,44-,45+,46-,47-/m0/s1. The van der Waals surface area contributed by atoms with E-state index in [4.69, 9.17) is 35.3 Å². The van der Waals surface area contributed by atoms with E-state index in [1.54, 1.807) is 6.92 Å². The van der Waals surface area contributed by atoms with Gasteiger partial charge < -0.3 is 44.3 Å². The number of ketones is 1. The Kier molecular flexibility index (Phi) is 16.5. The van der Waals surface area contributed by atoms with Crippen molar-refractivity contribution in [3.8, 4) is 0 Å². The maximum atomic E-state index is 14.6. The number of unbranched alkanes of at least 4 members (excludes halogenated alkanes) is 1. The minimum Gasteiger partial charge on any atom is -0.481 e.